The summed E-state index contributed by atoms with van der Waals surface area (Å²) in [5.41, 5.74) is 3.03. The average Bonchev–Trinajstić information content (AvgIpc) is 2.43. The average molecular weight is 263 g/mol. The third-order valence-electron chi connectivity index (χ3n) is 3.76. The van der Waals surface area contributed by atoms with E-state index in [1.165, 1.54) is 11.1 Å². The van der Waals surface area contributed by atoms with Gasteiger partial charge in [-0.3, -0.25) is 0 Å². The van der Waals surface area contributed by atoms with Crippen LogP contribution < -0.4 is 5.32 Å². The van der Waals surface area contributed by atoms with Crippen molar-refractivity contribution in [1.29, 1.82) is 0 Å². The van der Waals surface area contributed by atoms with E-state index in [1.54, 1.807) is 7.11 Å². The van der Waals surface area contributed by atoms with Crippen LogP contribution in [0.2, 0.25) is 0 Å². The third-order valence-corrected chi connectivity index (χ3v) is 3.76. The maximum absolute atomic E-state index is 5.17. The van der Waals surface area contributed by atoms with Crippen molar-refractivity contribution in [3.63, 3.8) is 0 Å². The summed E-state index contributed by atoms with van der Waals surface area (Å²) >= 11 is 0. The fraction of sp³-hybridized carbons (Fsp3) is 0.647. The van der Waals surface area contributed by atoms with Gasteiger partial charge in [-0.1, -0.05) is 45.0 Å². The van der Waals surface area contributed by atoms with Crippen LogP contribution in [0.25, 0.3) is 0 Å². The van der Waals surface area contributed by atoms with E-state index in [0.29, 0.717) is 6.04 Å². The first-order valence-corrected chi connectivity index (χ1v) is 7.29. The van der Waals surface area contributed by atoms with Crippen LogP contribution in [0.3, 0.4) is 0 Å². The summed E-state index contributed by atoms with van der Waals surface area (Å²) in [6.45, 7) is 10.8. The molecule has 0 aliphatic carbocycles. The molecule has 0 aliphatic heterocycles. The Morgan fingerprint density at radius 3 is 2.37 bits per heavy atom. The molecular weight excluding hydrogens is 234 g/mol. The van der Waals surface area contributed by atoms with E-state index >= 15 is 0 Å². The standard InChI is InChI=1S/C17H29NO/c1-6-15-7-9-16(10-8-15)14(2)18-13-17(3,4)11-12-19-5/h7-10,14,18H,6,11-13H2,1-5H3. The van der Waals surface area contributed by atoms with Crippen molar-refractivity contribution in [3.05, 3.63) is 35.4 Å². The largest absolute Gasteiger partial charge is 0.385 e. The maximum atomic E-state index is 5.17. The predicted octanol–water partition coefficient (Wildman–Crippen LogP) is 3.96. The SMILES string of the molecule is CCc1ccc(C(C)NCC(C)(C)CCOC)cc1. The second-order valence-corrected chi connectivity index (χ2v) is 6.10. The number of rotatable bonds is 8. The summed E-state index contributed by atoms with van der Waals surface area (Å²) in [7, 11) is 1.77. The van der Waals surface area contributed by atoms with Crippen molar-refractivity contribution in [2.75, 3.05) is 20.3 Å². The summed E-state index contributed by atoms with van der Waals surface area (Å²) in [6, 6.07) is 9.32. The molecular formula is C17H29NO. The van der Waals surface area contributed by atoms with Crippen molar-refractivity contribution < 1.29 is 4.74 Å². The molecule has 108 valence electrons. The van der Waals surface area contributed by atoms with Crippen molar-refractivity contribution in [2.24, 2.45) is 5.41 Å². The van der Waals surface area contributed by atoms with E-state index in [9.17, 15) is 0 Å². The Balaban J connectivity index is 2.47. The van der Waals surface area contributed by atoms with Gasteiger partial charge in [0.25, 0.3) is 0 Å². The number of methoxy groups -OCH3 is 1. The molecule has 1 unspecified atom stereocenters. The summed E-state index contributed by atoms with van der Waals surface area (Å²) in [6.07, 6.45) is 2.18. The molecule has 0 fully saturated rings. The Labute approximate surface area is 118 Å². The molecule has 1 N–H and O–H groups in total. The summed E-state index contributed by atoms with van der Waals surface area (Å²) in [5, 5.41) is 3.63. The Morgan fingerprint density at radius 2 is 1.84 bits per heavy atom. The highest BCUT2D eigenvalue weighted by Crippen LogP contribution is 2.21. The smallest absolute Gasteiger partial charge is 0.0467 e. The molecule has 0 bridgehead atoms. The van der Waals surface area contributed by atoms with Gasteiger partial charge in [0.15, 0.2) is 0 Å². The predicted molar refractivity (Wildman–Crippen MR) is 82.5 cm³/mol. The number of ether oxygens (including phenoxy) is 1. The summed E-state index contributed by atoms with van der Waals surface area (Å²) < 4.78 is 5.17. The topological polar surface area (TPSA) is 21.3 Å². The minimum atomic E-state index is 0.271. The highest BCUT2D eigenvalue weighted by molar-refractivity contribution is 5.24. The molecule has 19 heavy (non-hydrogen) atoms. The fourth-order valence-corrected chi connectivity index (χ4v) is 2.06. The van der Waals surface area contributed by atoms with Gasteiger partial charge in [0.1, 0.15) is 0 Å². The lowest BCUT2D eigenvalue weighted by Gasteiger charge is -2.27. The van der Waals surface area contributed by atoms with Crippen molar-refractivity contribution in [1.82, 2.24) is 5.32 Å². The Bertz CT molecular complexity index is 356. The van der Waals surface area contributed by atoms with Crippen LogP contribution in [0.4, 0.5) is 0 Å². The maximum Gasteiger partial charge on any atom is 0.0467 e. The molecule has 1 rings (SSSR count). The van der Waals surface area contributed by atoms with Gasteiger partial charge in [-0.05, 0) is 36.3 Å². The van der Waals surface area contributed by atoms with E-state index in [2.05, 4.69) is 57.3 Å². The molecule has 0 heterocycles. The highest BCUT2D eigenvalue weighted by Gasteiger charge is 2.18. The molecule has 0 spiro atoms. The second-order valence-electron chi connectivity index (χ2n) is 6.10. The second kappa shape index (κ2) is 7.66. The third kappa shape index (κ3) is 5.75. The van der Waals surface area contributed by atoms with E-state index in [0.717, 1.165) is 26.0 Å². The Morgan fingerprint density at radius 1 is 1.21 bits per heavy atom. The van der Waals surface area contributed by atoms with Gasteiger partial charge in [0, 0.05) is 26.3 Å². The van der Waals surface area contributed by atoms with Crippen LogP contribution in [0.5, 0.6) is 0 Å². The highest BCUT2D eigenvalue weighted by atomic mass is 16.5. The zero-order valence-corrected chi connectivity index (χ0v) is 13.1. The van der Waals surface area contributed by atoms with Crippen molar-refractivity contribution in [3.8, 4) is 0 Å². The molecule has 1 aromatic carbocycles. The van der Waals surface area contributed by atoms with E-state index < -0.39 is 0 Å². The number of benzene rings is 1. The minimum Gasteiger partial charge on any atom is -0.385 e. The van der Waals surface area contributed by atoms with Crippen molar-refractivity contribution in [2.45, 2.75) is 46.6 Å². The van der Waals surface area contributed by atoms with Gasteiger partial charge in [-0.15, -0.1) is 0 Å². The first kappa shape index (κ1) is 16.2. The Hall–Kier alpha value is -0.860. The van der Waals surface area contributed by atoms with Gasteiger partial charge < -0.3 is 10.1 Å². The monoisotopic (exact) mass is 263 g/mol. The number of hydrogen-bond donors (Lipinski definition) is 1. The van der Waals surface area contributed by atoms with E-state index in [4.69, 9.17) is 4.74 Å². The molecule has 1 aromatic rings. The fourth-order valence-electron chi connectivity index (χ4n) is 2.06. The molecule has 0 saturated carbocycles. The number of nitrogens with one attached hydrogen (secondary N) is 1. The zero-order valence-electron chi connectivity index (χ0n) is 13.1. The molecule has 0 radical (unpaired) electrons. The normalized spacial score (nSPS) is 13.5. The van der Waals surface area contributed by atoms with Crippen molar-refractivity contribution >= 4 is 0 Å². The molecule has 1 atom stereocenters. The number of aryl methyl sites for hydroxylation is 1. The molecule has 2 nitrogen and oxygen atoms in total. The van der Waals surface area contributed by atoms with Gasteiger partial charge >= 0.3 is 0 Å². The van der Waals surface area contributed by atoms with Crippen LogP contribution >= 0.6 is 0 Å². The van der Waals surface area contributed by atoms with Crippen LogP contribution in [-0.4, -0.2) is 20.3 Å². The van der Waals surface area contributed by atoms with Crippen LogP contribution in [0, 0.1) is 5.41 Å². The van der Waals surface area contributed by atoms with Gasteiger partial charge in [0.05, 0.1) is 0 Å². The van der Waals surface area contributed by atoms with Gasteiger partial charge in [0.2, 0.25) is 0 Å². The van der Waals surface area contributed by atoms with Crippen LogP contribution in [-0.2, 0) is 11.2 Å². The lowest BCUT2D eigenvalue weighted by atomic mass is 9.89. The lowest BCUT2D eigenvalue weighted by molar-refractivity contribution is 0.149. The summed E-state index contributed by atoms with van der Waals surface area (Å²) in [5.74, 6) is 0. The lowest BCUT2D eigenvalue weighted by Crippen LogP contribution is -2.32. The molecule has 2 heteroatoms. The Kier molecular flexibility index (Phi) is 6.53. The molecule has 0 aliphatic rings. The van der Waals surface area contributed by atoms with E-state index in [-0.39, 0.29) is 5.41 Å². The van der Waals surface area contributed by atoms with E-state index in [1.807, 2.05) is 0 Å². The molecule has 0 saturated heterocycles. The summed E-state index contributed by atoms with van der Waals surface area (Å²) in [4.78, 5) is 0. The van der Waals surface area contributed by atoms with Crippen LogP contribution in [0.15, 0.2) is 24.3 Å². The van der Waals surface area contributed by atoms with Crippen LogP contribution in [0.1, 0.15) is 51.3 Å². The first-order valence-electron chi connectivity index (χ1n) is 7.29. The van der Waals surface area contributed by atoms with Gasteiger partial charge in [-0.2, -0.15) is 0 Å². The zero-order chi connectivity index (χ0) is 14.3. The first-order chi connectivity index (χ1) is 8.98. The molecule has 0 aromatic heterocycles. The molecule has 0 amide bonds. The number of hydrogen-bond acceptors (Lipinski definition) is 2. The minimum absolute atomic E-state index is 0.271. The quantitative estimate of drug-likeness (QED) is 0.766. The van der Waals surface area contributed by atoms with Gasteiger partial charge in [-0.25, -0.2) is 0 Å².